The first-order chi connectivity index (χ1) is 6.25. The number of carboxylic acids is 2. The molecule has 0 spiro atoms. The molecule has 0 fully saturated rings. The zero-order chi connectivity index (χ0) is 11.4. The molecule has 14 heavy (non-hydrogen) atoms. The molecule has 8 nitrogen and oxygen atoms in total. The van der Waals surface area contributed by atoms with E-state index in [-0.39, 0.29) is 0 Å². The topological polar surface area (TPSA) is 141 Å². The minimum Gasteiger partial charge on any atom is -0.481 e. The number of rotatable bonds is 5. The summed E-state index contributed by atoms with van der Waals surface area (Å²) in [5.74, 6) is -5.88. The molecule has 0 aromatic heterocycles. The normalized spacial score (nSPS) is 10.6. The number of hydrogen-bond donors (Lipinski definition) is 4. The Hall–Kier alpha value is -1.83. The number of aliphatic carboxylic acids is 2. The fraction of sp³-hybridized carbons (Fsp3) is 0.500. The molecule has 0 saturated carbocycles. The van der Waals surface area contributed by atoms with Crippen molar-refractivity contribution >= 4 is 18.1 Å². The Bertz CT molecular complexity index is 216. The Morgan fingerprint density at radius 3 is 1.57 bits per heavy atom. The second kappa shape index (κ2) is 4.42. The molecule has 0 rings (SSSR count). The van der Waals surface area contributed by atoms with Crippen LogP contribution in [0, 0.1) is 0 Å². The monoisotopic (exact) mass is 208 g/mol. The van der Waals surface area contributed by atoms with Crippen molar-refractivity contribution < 1.29 is 39.5 Å². The highest BCUT2D eigenvalue weighted by Gasteiger charge is 2.37. The summed E-state index contributed by atoms with van der Waals surface area (Å²) in [5, 5.41) is 33.8. The first-order valence-electron chi connectivity index (χ1n) is 3.33. The lowest BCUT2D eigenvalue weighted by Gasteiger charge is -2.22. The van der Waals surface area contributed by atoms with E-state index in [2.05, 4.69) is 4.74 Å². The summed E-state index contributed by atoms with van der Waals surface area (Å²) in [6.07, 6.45) is -4.22. The van der Waals surface area contributed by atoms with Crippen molar-refractivity contribution in [1.82, 2.24) is 0 Å². The van der Waals surface area contributed by atoms with Gasteiger partial charge >= 0.3 is 18.1 Å². The van der Waals surface area contributed by atoms with Crippen LogP contribution in [-0.4, -0.2) is 44.3 Å². The minimum atomic E-state index is -2.73. The molecular weight excluding hydrogens is 200 g/mol. The third-order valence-corrected chi connectivity index (χ3v) is 1.13. The Kier molecular flexibility index (Phi) is 3.84. The zero-order valence-electron chi connectivity index (χ0n) is 6.84. The van der Waals surface area contributed by atoms with Crippen LogP contribution in [0.3, 0.4) is 0 Å². The van der Waals surface area contributed by atoms with Gasteiger partial charge in [0.15, 0.2) is 0 Å². The van der Waals surface area contributed by atoms with Gasteiger partial charge in [-0.3, -0.25) is 9.59 Å². The summed E-state index contributed by atoms with van der Waals surface area (Å²) in [4.78, 5) is 30.3. The lowest BCUT2D eigenvalue weighted by Crippen LogP contribution is -2.39. The summed E-state index contributed by atoms with van der Waals surface area (Å²) < 4.78 is 3.77. The van der Waals surface area contributed by atoms with Crippen LogP contribution < -0.4 is 0 Å². The Morgan fingerprint density at radius 1 is 1.00 bits per heavy atom. The van der Waals surface area contributed by atoms with E-state index in [9.17, 15) is 14.4 Å². The third-order valence-electron chi connectivity index (χ3n) is 1.13. The van der Waals surface area contributed by atoms with Crippen LogP contribution in [0.4, 0.5) is 4.79 Å². The van der Waals surface area contributed by atoms with Crippen LogP contribution in [0.5, 0.6) is 0 Å². The Balaban J connectivity index is 4.56. The van der Waals surface area contributed by atoms with Gasteiger partial charge in [-0.2, -0.15) is 0 Å². The van der Waals surface area contributed by atoms with Gasteiger partial charge < -0.3 is 25.2 Å². The first kappa shape index (κ1) is 12.2. The van der Waals surface area contributed by atoms with Crippen LogP contribution in [0.1, 0.15) is 12.8 Å². The maximum atomic E-state index is 10.2. The molecule has 0 aromatic rings. The largest absolute Gasteiger partial charge is 0.508 e. The molecule has 0 saturated heterocycles. The van der Waals surface area contributed by atoms with Crippen molar-refractivity contribution in [1.29, 1.82) is 0 Å². The van der Waals surface area contributed by atoms with Crippen LogP contribution >= 0.6 is 0 Å². The highest BCUT2D eigenvalue weighted by molar-refractivity contribution is 5.73. The molecule has 0 aliphatic heterocycles. The van der Waals surface area contributed by atoms with E-state index < -0.39 is 36.7 Å². The van der Waals surface area contributed by atoms with E-state index >= 15 is 0 Å². The summed E-state index contributed by atoms with van der Waals surface area (Å²) in [5.41, 5.74) is 0. The molecule has 0 unspecified atom stereocenters. The van der Waals surface area contributed by atoms with Gasteiger partial charge in [0.25, 0.3) is 0 Å². The highest BCUT2D eigenvalue weighted by atomic mass is 16.7. The average molecular weight is 208 g/mol. The lowest BCUT2D eigenvalue weighted by molar-refractivity contribution is -0.196. The molecule has 0 amide bonds. The maximum absolute atomic E-state index is 10.2. The van der Waals surface area contributed by atoms with Crippen LogP contribution in [0.15, 0.2) is 0 Å². The quantitative estimate of drug-likeness (QED) is 0.344. The fourth-order valence-electron chi connectivity index (χ4n) is 0.770. The molecule has 80 valence electrons. The molecule has 0 aliphatic carbocycles. The van der Waals surface area contributed by atoms with E-state index in [1.165, 1.54) is 0 Å². The molecular formula is C6H8O8. The predicted molar refractivity (Wildman–Crippen MR) is 38.6 cm³/mol. The van der Waals surface area contributed by atoms with E-state index in [0.29, 0.717) is 0 Å². The van der Waals surface area contributed by atoms with Gasteiger partial charge in [-0.25, -0.2) is 4.79 Å². The van der Waals surface area contributed by atoms with Crippen molar-refractivity contribution in [2.24, 2.45) is 0 Å². The summed E-state index contributed by atoms with van der Waals surface area (Å²) in [6.45, 7) is 0. The second-order valence-corrected chi connectivity index (χ2v) is 2.46. The van der Waals surface area contributed by atoms with E-state index in [4.69, 9.17) is 20.4 Å². The van der Waals surface area contributed by atoms with Crippen LogP contribution in [-0.2, 0) is 14.3 Å². The first-order valence-corrected chi connectivity index (χ1v) is 3.33. The Morgan fingerprint density at radius 2 is 1.36 bits per heavy atom. The average Bonchev–Trinajstić information content (AvgIpc) is 1.76. The van der Waals surface area contributed by atoms with Crippen molar-refractivity contribution in [3.8, 4) is 0 Å². The molecule has 0 bridgehead atoms. The van der Waals surface area contributed by atoms with Crippen molar-refractivity contribution in [2.75, 3.05) is 0 Å². The number of carbonyl (C=O) groups is 3. The molecule has 0 radical (unpaired) electrons. The SMILES string of the molecule is O=C(O)CC(O)(CC(=O)O)OC(=O)O. The second-order valence-electron chi connectivity index (χ2n) is 2.46. The van der Waals surface area contributed by atoms with Gasteiger partial charge in [0.1, 0.15) is 12.8 Å². The highest BCUT2D eigenvalue weighted by Crippen LogP contribution is 2.17. The standard InChI is InChI=1S/C6H8O8/c7-3(8)1-6(13,2-4(9)10)14-5(11)12/h13H,1-2H2,(H,7,8)(H,9,10)(H,11,12). The molecule has 0 heterocycles. The lowest BCUT2D eigenvalue weighted by atomic mass is 10.1. The van der Waals surface area contributed by atoms with Crippen LogP contribution in [0.2, 0.25) is 0 Å². The van der Waals surface area contributed by atoms with Crippen molar-refractivity contribution in [2.45, 2.75) is 18.6 Å². The summed E-state index contributed by atoms with van der Waals surface area (Å²) >= 11 is 0. The van der Waals surface area contributed by atoms with E-state index in [0.717, 1.165) is 0 Å². The van der Waals surface area contributed by atoms with Crippen LogP contribution in [0.25, 0.3) is 0 Å². The summed E-state index contributed by atoms with van der Waals surface area (Å²) in [6, 6.07) is 0. The molecule has 0 aromatic carbocycles. The number of carboxylic acid groups (broad SMARTS) is 3. The number of hydrogen-bond acceptors (Lipinski definition) is 5. The fourth-order valence-corrected chi connectivity index (χ4v) is 0.770. The third kappa shape index (κ3) is 4.93. The molecule has 0 atom stereocenters. The molecule has 4 N–H and O–H groups in total. The van der Waals surface area contributed by atoms with Gasteiger partial charge in [-0.05, 0) is 0 Å². The van der Waals surface area contributed by atoms with Crippen molar-refractivity contribution in [3.63, 3.8) is 0 Å². The van der Waals surface area contributed by atoms with Crippen molar-refractivity contribution in [3.05, 3.63) is 0 Å². The van der Waals surface area contributed by atoms with E-state index in [1.807, 2.05) is 0 Å². The number of ether oxygens (including phenoxy) is 1. The summed E-state index contributed by atoms with van der Waals surface area (Å²) in [7, 11) is 0. The van der Waals surface area contributed by atoms with E-state index in [1.54, 1.807) is 0 Å². The molecule has 0 aliphatic rings. The van der Waals surface area contributed by atoms with Gasteiger partial charge in [0.05, 0.1) is 0 Å². The Labute approximate surface area is 77.3 Å². The van der Waals surface area contributed by atoms with Gasteiger partial charge in [-0.1, -0.05) is 0 Å². The predicted octanol–water partition coefficient (Wildman–Crippen LogP) is -0.681. The smallest absolute Gasteiger partial charge is 0.481 e. The van der Waals surface area contributed by atoms with Gasteiger partial charge in [-0.15, -0.1) is 0 Å². The van der Waals surface area contributed by atoms with Gasteiger partial charge in [0.2, 0.25) is 5.79 Å². The zero-order valence-corrected chi connectivity index (χ0v) is 6.84. The molecule has 8 heteroatoms. The maximum Gasteiger partial charge on any atom is 0.508 e. The minimum absolute atomic E-state index is 1.13. The van der Waals surface area contributed by atoms with Gasteiger partial charge in [0, 0.05) is 0 Å². The number of aliphatic hydroxyl groups is 1.